The number of aliphatic imine (C=N–C) groups is 1. The maximum atomic E-state index is 12.6. The molecule has 0 atom stereocenters. The monoisotopic (exact) mass is 491 g/mol. The fourth-order valence-corrected chi connectivity index (χ4v) is 4.87. The number of benzene rings is 1. The predicted octanol–water partition coefficient (Wildman–Crippen LogP) is 3.67. The number of carbonyl (C=O) groups is 3. The molecule has 1 aromatic carbocycles. The van der Waals surface area contributed by atoms with Crippen LogP contribution in [0.25, 0.3) is 17.4 Å². The molecule has 35 heavy (non-hydrogen) atoms. The largest absolute Gasteiger partial charge is 0.478 e. The average Bonchev–Trinajstić information content (AvgIpc) is 3.49. The lowest BCUT2D eigenvalue weighted by atomic mass is 10.1. The molecule has 4 heterocycles. The maximum absolute atomic E-state index is 12.6. The van der Waals surface area contributed by atoms with Gasteiger partial charge < -0.3 is 14.4 Å². The lowest BCUT2D eigenvalue weighted by Gasteiger charge is -2.26. The Balaban J connectivity index is 1.32. The summed E-state index contributed by atoms with van der Waals surface area (Å²) in [5.74, 6) is -0.929. The Morgan fingerprint density at radius 1 is 1.11 bits per heavy atom. The van der Waals surface area contributed by atoms with Gasteiger partial charge in [-0.05, 0) is 61.4 Å². The van der Waals surface area contributed by atoms with E-state index in [0.29, 0.717) is 22.1 Å². The summed E-state index contributed by atoms with van der Waals surface area (Å²) in [5, 5.41) is 23.9. The van der Waals surface area contributed by atoms with Gasteiger partial charge in [0.1, 0.15) is 16.6 Å². The minimum absolute atomic E-state index is 0.00970. The SMILES string of the molecule is N=C1C(=Cc2ccc(-c3ccc(C(=O)O)cc3)o2)C(=O)N=C2SC(CC(=O)N3CCCCC3)=NN12. The zero-order valence-electron chi connectivity index (χ0n) is 18.6. The van der Waals surface area contributed by atoms with Crippen molar-refractivity contribution < 1.29 is 23.9 Å². The number of carboxylic acid groups (broad SMARTS) is 1. The summed E-state index contributed by atoms with van der Waals surface area (Å²) in [5.41, 5.74) is 0.857. The second-order valence-electron chi connectivity index (χ2n) is 8.22. The van der Waals surface area contributed by atoms with Crippen LogP contribution in [-0.4, -0.2) is 61.9 Å². The number of fused-ring (bicyclic) bond motifs is 1. The highest BCUT2D eigenvalue weighted by Crippen LogP contribution is 2.31. The second-order valence-corrected chi connectivity index (χ2v) is 9.26. The summed E-state index contributed by atoms with van der Waals surface area (Å²) in [7, 11) is 0. The quantitative estimate of drug-likeness (QED) is 0.608. The van der Waals surface area contributed by atoms with Gasteiger partial charge >= 0.3 is 5.97 Å². The van der Waals surface area contributed by atoms with Crippen molar-refractivity contribution in [1.29, 1.82) is 5.41 Å². The molecule has 5 rings (SSSR count). The molecule has 2 amide bonds. The van der Waals surface area contributed by atoms with Crippen molar-refractivity contribution in [2.45, 2.75) is 25.7 Å². The van der Waals surface area contributed by atoms with E-state index >= 15 is 0 Å². The Kier molecular flexibility index (Phi) is 6.08. The van der Waals surface area contributed by atoms with Crippen LogP contribution in [0, 0.1) is 5.41 Å². The lowest BCUT2D eigenvalue weighted by Crippen LogP contribution is -2.36. The number of carbonyl (C=O) groups excluding carboxylic acids is 2. The molecule has 0 bridgehead atoms. The third-order valence-corrected chi connectivity index (χ3v) is 6.75. The molecule has 10 nitrogen and oxygen atoms in total. The van der Waals surface area contributed by atoms with E-state index < -0.39 is 11.9 Å². The molecule has 1 fully saturated rings. The summed E-state index contributed by atoms with van der Waals surface area (Å²) in [4.78, 5) is 42.1. The van der Waals surface area contributed by atoms with Crippen molar-refractivity contribution in [1.82, 2.24) is 9.91 Å². The van der Waals surface area contributed by atoms with Gasteiger partial charge in [-0.15, -0.1) is 0 Å². The number of hydrazone groups is 1. The summed E-state index contributed by atoms with van der Waals surface area (Å²) >= 11 is 1.13. The minimum atomic E-state index is -1.02. The predicted molar refractivity (Wildman–Crippen MR) is 131 cm³/mol. The van der Waals surface area contributed by atoms with E-state index in [0.717, 1.165) is 44.1 Å². The van der Waals surface area contributed by atoms with Crippen molar-refractivity contribution in [3.8, 4) is 11.3 Å². The number of carboxylic acids is 1. The van der Waals surface area contributed by atoms with Gasteiger partial charge in [-0.1, -0.05) is 12.1 Å². The van der Waals surface area contributed by atoms with Gasteiger partial charge in [0.05, 0.1) is 17.6 Å². The van der Waals surface area contributed by atoms with Gasteiger partial charge in [-0.3, -0.25) is 15.0 Å². The molecule has 11 heteroatoms. The molecule has 1 saturated heterocycles. The highest BCUT2D eigenvalue weighted by molar-refractivity contribution is 8.27. The molecule has 2 aromatic rings. The van der Waals surface area contributed by atoms with Crippen LogP contribution < -0.4 is 0 Å². The van der Waals surface area contributed by atoms with Gasteiger partial charge in [0.15, 0.2) is 5.84 Å². The van der Waals surface area contributed by atoms with Crippen LogP contribution in [0.4, 0.5) is 0 Å². The molecule has 1 aromatic heterocycles. The van der Waals surface area contributed by atoms with Gasteiger partial charge in [-0.25, -0.2) is 4.79 Å². The second kappa shape index (κ2) is 9.34. The van der Waals surface area contributed by atoms with E-state index in [2.05, 4.69) is 10.1 Å². The molecule has 0 saturated carbocycles. The Hall–Kier alpha value is -3.99. The Bertz CT molecular complexity index is 1320. The fraction of sp³-hybridized carbons (Fsp3) is 0.250. The smallest absolute Gasteiger partial charge is 0.335 e. The highest BCUT2D eigenvalue weighted by Gasteiger charge is 2.36. The highest BCUT2D eigenvalue weighted by atomic mass is 32.2. The first-order valence-electron chi connectivity index (χ1n) is 11.1. The van der Waals surface area contributed by atoms with Crippen molar-refractivity contribution in [2.75, 3.05) is 13.1 Å². The molecule has 178 valence electrons. The lowest BCUT2D eigenvalue weighted by molar-refractivity contribution is -0.130. The van der Waals surface area contributed by atoms with Crippen LogP contribution in [0.1, 0.15) is 41.8 Å². The van der Waals surface area contributed by atoms with Crippen LogP contribution in [-0.2, 0) is 9.59 Å². The first-order valence-corrected chi connectivity index (χ1v) is 11.9. The molecule has 0 unspecified atom stereocenters. The zero-order chi connectivity index (χ0) is 24.5. The van der Waals surface area contributed by atoms with Crippen LogP contribution in [0.15, 0.2) is 56.5 Å². The van der Waals surface area contributed by atoms with Gasteiger partial charge in [0.2, 0.25) is 11.1 Å². The average molecular weight is 492 g/mol. The van der Waals surface area contributed by atoms with Crippen molar-refractivity contribution in [2.24, 2.45) is 10.1 Å². The zero-order valence-corrected chi connectivity index (χ0v) is 19.4. The van der Waals surface area contributed by atoms with E-state index in [9.17, 15) is 14.4 Å². The van der Waals surface area contributed by atoms with Gasteiger partial charge in [0.25, 0.3) is 5.91 Å². The normalized spacial score (nSPS) is 19.0. The number of piperidine rings is 1. The number of likely N-dealkylation sites (tertiary alicyclic amines) is 1. The summed E-state index contributed by atoms with van der Waals surface area (Å²) < 4.78 is 5.79. The van der Waals surface area contributed by atoms with E-state index in [-0.39, 0.29) is 34.5 Å². The Morgan fingerprint density at radius 2 is 1.86 bits per heavy atom. The van der Waals surface area contributed by atoms with Gasteiger partial charge in [-0.2, -0.15) is 15.1 Å². The number of furan rings is 1. The summed E-state index contributed by atoms with van der Waals surface area (Å²) in [6, 6.07) is 9.57. The van der Waals surface area contributed by atoms with E-state index in [1.807, 2.05) is 4.90 Å². The molecular formula is C24H21N5O5S. The number of hydrogen-bond acceptors (Lipinski definition) is 7. The third kappa shape index (κ3) is 4.67. The number of amidine groups is 2. The molecule has 0 radical (unpaired) electrons. The molecule has 2 N–H and O–H groups in total. The number of nitrogens with one attached hydrogen (secondary N) is 1. The number of hydrogen-bond donors (Lipinski definition) is 2. The van der Waals surface area contributed by atoms with Crippen molar-refractivity contribution in [3.63, 3.8) is 0 Å². The fourth-order valence-electron chi connectivity index (χ4n) is 3.99. The molecular weight excluding hydrogens is 470 g/mol. The third-order valence-electron chi connectivity index (χ3n) is 5.84. The van der Waals surface area contributed by atoms with Gasteiger partial charge in [0, 0.05) is 18.7 Å². The molecule has 3 aliphatic rings. The first kappa shape index (κ1) is 22.8. The first-order chi connectivity index (χ1) is 16.9. The van der Waals surface area contributed by atoms with Crippen LogP contribution in [0.2, 0.25) is 0 Å². The van der Waals surface area contributed by atoms with E-state index in [1.54, 1.807) is 24.3 Å². The van der Waals surface area contributed by atoms with Crippen LogP contribution in [0.3, 0.4) is 0 Å². The Morgan fingerprint density at radius 3 is 2.57 bits per heavy atom. The van der Waals surface area contributed by atoms with Crippen molar-refractivity contribution >= 4 is 51.7 Å². The minimum Gasteiger partial charge on any atom is -0.478 e. The maximum Gasteiger partial charge on any atom is 0.335 e. The standard InChI is InChI=1S/C24H21N5O5S/c25-21-17(12-16-8-9-18(34-16)14-4-6-15(7-5-14)23(32)33)22(31)26-24-29(21)27-19(35-24)13-20(30)28-10-2-1-3-11-28/h4-9,12,25H,1-3,10-11,13H2,(H,32,33). The Labute approximate surface area is 204 Å². The van der Waals surface area contributed by atoms with E-state index in [4.69, 9.17) is 14.9 Å². The number of amides is 2. The van der Waals surface area contributed by atoms with Crippen LogP contribution >= 0.6 is 11.8 Å². The van der Waals surface area contributed by atoms with Crippen molar-refractivity contribution in [3.05, 3.63) is 53.3 Å². The summed E-state index contributed by atoms with van der Waals surface area (Å²) in [6.07, 6.45) is 4.67. The molecule has 0 aliphatic carbocycles. The number of rotatable bonds is 5. The number of thioether (sulfide) groups is 1. The molecule has 0 spiro atoms. The van der Waals surface area contributed by atoms with Crippen LogP contribution in [0.5, 0.6) is 0 Å². The summed E-state index contributed by atoms with van der Waals surface area (Å²) in [6.45, 7) is 1.49. The van der Waals surface area contributed by atoms with E-state index in [1.165, 1.54) is 23.2 Å². The topological polar surface area (TPSA) is 140 Å². The molecule has 3 aliphatic heterocycles. The number of aromatic carboxylic acids is 1. The number of nitrogens with zero attached hydrogens (tertiary/aromatic N) is 4.